The van der Waals surface area contributed by atoms with E-state index >= 15 is 4.79 Å². The van der Waals surface area contributed by atoms with Crippen LogP contribution in [0, 0.1) is 41.4 Å². The summed E-state index contributed by atoms with van der Waals surface area (Å²) < 4.78 is 48.8. The van der Waals surface area contributed by atoms with Gasteiger partial charge >= 0.3 is 23.3 Å². The number of benzene rings is 2. The SMILES string of the molecule is CC(=O)O[C@H]1C[C@H](OC(C)=O)[C@]2(C)[C@H]3CC[C@]4(C)[C@@H]([C@H](C)COS(=O)(=O)c5ccc(C)cc5)CC[C@H]4[C@@]34C=C[C@]2(C1)n1c(=O)n(-c2ccccc2)c(=O)n14. The molecule has 0 unspecified atom stereocenters. The van der Waals surface area contributed by atoms with Gasteiger partial charge in [0, 0.05) is 32.1 Å². The van der Waals surface area contributed by atoms with Crippen LogP contribution in [0.5, 0.6) is 0 Å². The van der Waals surface area contributed by atoms with Gasteiger partial charge in [-0.25, -0.2) is 23.5 Å². The van der Waals surface area contributed by atoms with Gasteiger partial charge in [-0.05, 0) is 86.0 Å². The summed E-state index contributed by atoms with van der Waals surface area (Å²) in [7, 11) is -3.97. The number of ether oxygens (including phenoxy) is 2. The van der Waals surface area contributed by atoms with E-state index in [1.807, 2.05) is 26.0 Å². The Morgan fingerprint density at radius 3 is 2.20 bits per heavy atom. The second kappa shape index (κ2) is 12.4. The molecule has 0 amide bonds. The molecule has 10 atom stereocenters. The molecule has 3 saturated carbocycles. The quantitative estimate of drug-likeness (QED) is 0.171. The van der Waals surface area contributed by atoms with E-state index in [0.29, 0.717) is 12.1 Å². The lowest BCUT2D eigenvalue weighted by molar-refractivity contribution is -0.247. The number of aryl methyl sites for hydroxylation is 1. The van der Waals surface area contributed by atoms with Crippen LogP contribution >= 0.6 is 0 Å². The normalized spacial score (nSPS) is 35.3. The van der Waals surface area contributed by atoms with E-state index in [-0.39, 0.29) is 53.4 Å². The first kappa shape index (κ1) is 36.7. The van der Waals surface area contributed by atoms with Crippen molar-refractivity contribution < 1.29 is 31.7 Å². The Morgan fingerprint density at radius 2 is 1.54 bits per heavy atom. The molecule has 0 N–H and O–H groups in total. The fourth-order valence-electron chi connectivity index (χ4n) is 12.2. The summed E-state index contributed by atoms with van der Waals surface area (Å²) in [5.74, 6) is -1.39. The van der Waals surface area contributed by atoms with Crippen molar-refractivity contribution in [1.29, 1.82) is 0 Å². The molecule has 3 aromatic rings. The first-order valence-electron chi connectivity index (χ1n) is 19.1. The lowest BCUT2D eigenvalue weighted by atomic mass is 9.39. The zero-order valence-corrected chi connectivity index (χ0v) is 32.5. The summed E-state index contributed by atoms with van der Waals surface area (Å²) in [6.45, 7) is 11.0. The zero-order chi connectivity index (χ0) is 38.6. The molecule has 12 nitrogen and oxygen atoms in total. The van der Waals surface area contributed by atoms with Crippen molar-refractivity contribution in [2.75, 3.05) is 6.61 Å². The van der Waals surface area contributed by atoms with Crippen molar-refractivity contribution in [1.82, 2.24) is 13.9 Å². The third-order valence-electron chi connectivity index (χ3n) is 14.3. The number of esters is 2. The highest BCUT2D eigenvalue weighted by Crippen LogP contribution is 2.74. The van der Waals surface area contributed by atoms with Gasteiger partial charge in [0.15, 0.2) is 0 Å². The number of allylic oxidation sites excluding steroid dienone is 2. The Labute approximate surface area is 315 Å². The summed E-state index contributed by atoms with van der Waals surface area (Å²) in [6.07, 6.45) is 6.24. The Hall–Kier alpha value is -4.23. The van der Waals surface area contributed by atoms with E-state index in [0.717, 1.165) is 24.8 Å². The molecular weight excluding hydrogens is 711 g/mol. The van der Waals surface area contributed by atoms with Gasteiger partial charge in [0.1, 0.15) is 12.2 Å². The molecule has 2 bridgehead atoms. The van der Waals surface area contributed by atoms with Gasteiger partial charge in [-0.1, -0.05) is 68.8 Å². The molecule has 3 fully saturated rings. The fraction of sp³-hybridized carbons (Fsp3) is 0.561. The van der Waals surface area contributed by atoms with Crippen LogP contribution in [-0.4, -0.2) is 53.1 Å². The average molecular weight is 760 g/mol. The summed E-state index contributed by atoms with van der Waals surface area (Å²) in [5, 5.41) is 0. The highest BCUT2D eigenvalue weighted by atomic mass is 32.2. The first-order chi connectivity index (χ1) is 25.5. The van der Waals surface area contributed by atoms with Crippen LogP contribution in [-0.2, 0) is 44.4 Å². The molecule has 0 saturated heterocycles. The minimum absolute atomic E-state index is 0.0113. The molecule has 3 heterocycles. The zero-order valence-electron chi connectivity index (χ0n) is 31.7. The van der Waals surface area contributed by atoms with Crippen LogP contribution in [0.3, 0.4) is 0 Å². The van der Waals surface area contributed by atoms with Crippen molar-refractivity contribution in [3.8, 4) is 5.69 Å². The maximum absolute atomic E-state index is 15.1. The number of hydrogen-bond acceptors (Lipinski definition) is 9. The molecule has 2 aromatic carbocycles. The Balaban J connectivity index is 1.27. The summed E-state index contributed by atoms with van der Waals surface area (Å²) in [5.41, 5.74) is -2.93. The van der Waals surface area contributed by atoms with Crippen LogP contribution < -0.4 is 11.4 Å². The Kier molecular flexibility index (Phi) is 8.43. The second-order valence-corrected chi connectivity index (χ2v) is 18.5. The third-order valence-corrected chi connectivity index (χ3v) is 15.6. The number of aromatic nitrogens is 3. The van der Waals surface area contributed by atoms with E-state index in [1.54, 1.807) is 57.9 Å². The van der Waals surface area contributed by atoms with Crippen LogP contribution in [0.25, 0.3) is 5.69 Å². The number of nitrogens with zero attached hydrogens (tertiary/aromatic N) is 3. The molecule has 13 heteroatoms. The minimum Gasteiger partial charge on any atom is -0.462 e. The molecular formula is C41H49N3O9S. The first-order valence-corrected chi connectivity index (χ1v) is 20.5. The molecule has 1 aromatic heterocycles. The number of carbonyl (C=O) groups is 2. The monoisotopic (exact) mass is 759 g/mol. The van der Waals surface area contributed by atoms with Crippen LogP contribution in [0.15, 0.2) is 81.2 Å². The molecule has 2 spiro atoms. The van der Waals surface area contributed by atoms with Crippen LogP contribution in [0.2, 0.25) is 0 Å². The number of para-hydroxylation sites is 1. The maximum Gasteiger partial charge on any atom is 0.352 e. The fourth-order valence-corrected chi connectivity index (χ4v) is 13.2. The van der Waals surface area contributed by atoms with Crippen molar-refractivity contribution >= 4 is 22.1 Å². The molecule has 9 rings (SSSR count). The van der Waals surface area contributed by atoms with Gasteiger partial charge in [-0.3, -0.25) is 13.8 Å². The molecule has 54 heavy (non-hydrogen) atoms. The summed E-state index contributed by atoms with van der Waals surface area (Å²) in [4.78, 5) is 55.4. The lowest BCUT2D eigenvalue weighted by Crippen LogP contribution is -2.79. The number of fused-ring (bicyclic) bond motifs is 1. The van der Waals surface area contributed by atoms with E-state index in [2.05, 4.69) is 19.9 Å². The second-order valence-electron chi connectivity index (χ2n) is 16.9. The predicted octanol–water partition coefficient (Wildman–Crippen LogP) is 5.23. The van der Waals surface area contributed by atoms with Crippen LogP contribution in [0.1, 0.15) is 78.7 Å². The average Bonchev–Trinajstić information content (AvgIpc) is 3.62. The Morgan fingerprint density at radius 1 is 0.870 bits per heavy atom. The van der Waals surface area contributed by atoms with Gasteiger partial charge in [0.05, 0.1) is 28.3 Å². The molecule has 288 valence electrons. The van der Waals surface area contributed by atoms with Gasteiger partial charge in [0.2, 0.25) is 0 Å². The van der Waals surface area contributed by atoms with E-state index in [9.17, 15) is 22.8 Å². The summed E-state index contributed by atoms with van der Waals surface area (Å²) >= 11 is 0. The highest BCUT2D eigenvalue weighted by molar-refractivity contribution is 7.86. The smallest absolute Gasteiger partial charge is 0.352 e. The van der Waals surface area contributed by atoms with Crippen LogP contribution in [0.4, 0.5) is 0 Å². The number of rotatable bonds is 8. The lowest BCUT2D eigenvalue weighted by Gasteiger charge is -2.72. The summed E-state index contributed by atoms with van der Waals surface area (Å²) in [6, 6.07) is 15.5. The van der Waals surface area contributed by atoms with Crippen molar-refractivity contribution in [2.45, 2.75) is 108 Å². The van der Waals surface area contributed by atoms with Gasteiger partial charge < -0.3 is 9.47 Å². The van der Waals surface area contributed by atoms with Crippen molar-refractivity contribution in [3.63, 3.8) is 0 Å². The topological polar surface area (TPSA) is 145 Å². The molecule has 6 aliphatic rings. The van der Waals surface area contributed by atoms with Gasteiger partial charge in [-0.2, -0.15) is 8.42 Å². The number of carbonyl (C=O) groups excluding carboxylic acids is 2. The molecule has 2 aliphatic heterocycles. The number of hydrogen-bond donors (Lipinski definition) is 0. The highest BCUT2D eigenvalue weighted by Gasteiger charge is 2.78. The standard InChI is InChI=1S/C41H49N3O9S/c1-25-12-14-31(15-13-25)54(49,50)51-24-26(2)32-16-17-33-38(32,5)19-18-34-39(6)35(53-28(4)46)22-30(52-27(3)45)23-40(39)20-21-41(33,34)44-37(48)42(36(47)43(40)44)29-10-8-7-9-11-29/h7-15,20-21,26,30,32-35H,16-19,22-24H2,1-6H3/t26-,30+,32-,33-,34-,35+,38-,39+,40-,41+/m1/s1. The van der Waals surface area contributed by atoms with Crippen molar-refractivity contribution in [3.05, 3.63) is 93.3 Å². The van der Waals surface area contributed by atoms with Crippen molar-refractivity contribution in [2.24, 2.45) is 34.5 Å². The predicted molar refractivity (Wildman–Crippen MR) is 198 cm³/mol. The van der Waals surface area contributed by atoms with Gasteiger partial charge in [0.25, 0.3) is 10.1 Å². The largest absolute Gasteiger partial charge is 0.462 e. The van der Waals surface area contributed by atoms with E-state index < -0.39 is 62.1 Å². The molecule has 0 radical (unpaired) electrons. The Bertz CT molecular complexity index is 2280. The third kappa shape index (κ3) is 4.92. The molecule has 4 aliphatic carbocycles. The maximum atomic E-state index is 15.1. The van der Waals surface area contributed by atoms with E-state index in [4.69, 9.17) is 13.7 Å². The minimum atomic E-state index is -3.97. The van der Waals surface area contributed by atoms with Gasteiger partial charge in [-0.15, -0.1) is 0 Å². The van der Waals surface area contributed by atoms with E-state index in [1.165, 1.54) is 18.4 Å².